The van der Waals surface area contributed by atoms with Crippen LogP contribution in [0.5, 0.6) is 0 Å². The maximum atomic E-state index is 15.5. The Hall–Kier alpha value is -3.08. The number of halogens is 2. The lowest BCUT2D eigenvalue weighted by Gasteiger charge is -2.38. The first kappa shape index (κ1) is 25.6. The molecule has 3 aliphatic rings. The van der Waals surface area contributed by atoms with Crippen molar-refractivity contribution in [3.8, 4) is 11.1 Å². The summed E-state index contributed by atoms with van der Waals surface area (Å²) in [6, 6.07) is 6.10. The standard InChI is InChI=1S/C25H24ClFN4O2S.CH2O2/c26-15-8-14-2-1-7-30(16-5-6-28-11-16)24(14)18(9-15)23-19(27)12-29-20-10-17(34-25(20)23)13-31-21(32)3-4-22(31)33;2-1-3/h8-10,12,16,28H,1-7,11,13H2;1H,(H,2,3)/t16-;/m0./s1. The third-order valence-corrected chi connectivity index (χ3v) is 8.39. The lowest BCUT2D eigenvalue weighted by Crippen LogP contribution is -2.40. The Kier molecular flexibility index (Phi) is 7.41. The molecule has 8 nitrogen and oxygen atoms in total. The molecule has 37 heavy (non-hydrogen) atoms. The summed E-state index contributed by atoms with van der Waals surface area (Å²) in [4.78, 5) is 41.4. The SMILES string of the molecule is O=C1CCC(=O)N1Cc1cc2ncc(F)c(-c3cc(Cl)cc4c3N([C@H]3CCNC3)CCC4)c2s1.O=CO. The number of nitrogens with one attached hydrogen (secondary N) is 1. The van der Waals surface area contributed by atoms with E-state index in [9.17, 15) is 9.59 Å². The molecule has 0 radical (unpaired) electrons. The number of anilines is 1. The van der Waals surface area contributed by atoms with Gasteiger partial charge in [-0.25, -0.2) is 4.39 Å². The van der Waals surface area contributed by atoms with E-state index in [1.54, 1.807) is 0 Å². The van der Waals surface area contributed by atoms with Crippen LogP contribution in [0.2, 0.25) is 5.02 Å². The summed E-state index contributed by atoms with van der Waals surface area (Å²) in [5, 5.41) is 10.9. The van der Waals surface area contributed by atoms with Gasteiger partial charge in [-0.3, -0.25) is 24.3 Å². The molecule has 1 aromatic carbocycles. The van der Waals surface area contributed by atoms with Crippen molar-refractivity contribution in [3.05, 3.63) is 45.7 Å². The summed E-state index contributed by atoms with van der Waals surface area (Å²) in [6.45, 7) is 2.78. The molecule has 6 rings (SSSR count). The van der Waals surface area contributed by atoms with Gasteiger partial charge in [-0.15, -0.1) is 11.3 Å². The minimum absolute atomic E-state index is 0.161. The molecule has 2 saturated heterocycles. The van der Waals surface area contributed by atoms with Crippen molar-refractivity contribution in [1.82, 2.24) is 15.2 Å². The highest BCUT2D eigenvalue weighted by Crippen LogP contribution is 2.45. The maximum absolute atomic E-state index is 15.5. The summed E-state index contributed by atoms with van der Waals surface area (Å²) in [6.07, 6.45) is 4.77. The van der Waals surface area contributed by atoms with Gasteiger partial charge in [0.15, 0.2) is 5.82 Å². The molecule has 11 heteroatoms. The van der Waals surface area contributed by atoms with E-state index in [-0.39, 0.29) is 37.7 Å². The summed E-state index contributed by atoms with van der Waals surface area (Å²) in [7, 11) is 0. The molecule has 2 N–H and O–H groups in total. The van der Waals surface area contributed by atoms with E-state index in [0.29, 0.717) is 26.8 Å². The quantitative estimate of drug-likeness (QED) is 0.374. The van der Waals surface area contributed by atoms with E-state index < -0.39 is 5.82 Å². The number of likely N-dealkylation sites (tertiary alicyclic amines) is 1. The molecule has 0 unspecified atom stereocenters. The zero-order chi connectivity index (χ0) is 26.1. The van der Waals surface area contributed by atoms with Crippen LogP contribution >= 0.6 is 22.9 Å². The molecule has 0 saturated carbocycles. The van der Waals surface area contributed by atoms with E-state index in [1.807, 2.05) is 18.2 Å². The van der Waals surface area contributed by atoms with Crippen molar-refractivity contribution in [2.24, 2.45) is 0 Å². The Balaban J connectivity index is 0.000000892. The molecule has 0 bridgehead atoms. The van der Waals surface area contributed by atoms with Gasteiger partial charge in [-0.05, 0) is 49.6 Å². The molecule has 3 aliphatic heterocycles. The van der Waals surface area contributed by atoms with Crippen LogP contribution in [-0.2, 0) is 27.3 Å². The zero-order valence-electron chi connectivity index (χ0n) is 20.0. The topological polar surface area (TPSA) is 103 Å². The van der Waals surface area contributed by atoms with Crippen molar-refractivity contribution in [3.63, 3.8) is 0 Å². The van der Waals surface area contributed by atoms with Gasteiger partial charge in [0.25, 0.3) is 6.47 Å². The number of carbonyl (C=O) groups is 3. The molecule has 3 aromatic rings. The summed E-state index contributed by atoms with van der Waals surface area (Å²) in [5.41, 5.74) is 4.16. The number of aryl methyl sites for hydroxylation is 1. The summed E-state index contributed by atoms with van der Waals surface area (Å²) < 4.78 is 16.2. The Labute approximate surface area is 222 Å². The molecule has 2 aromatic heterocycles. The lowest BCUT2D eigenvalue weighted by molar-refractivity contribution is -0.139. The molecule has 0 spiro atoms. The van der Waals surface area contributed by atoms with Crippen LogP contribution in [0.4, 0.5) is 10.1 Å². The van der Waals surface area contributed by atoms with Gasteiger partial charge >= 0.3 is 0 Å². The largest absolute Gasteiger partial charge is 0.483 e. The highest BCUT2D eigenvalue weighted by molar-refractivity contribution is 7.19. The number of pyridine rings is 1. The Morgan fingerprint density at radius 2 is 1.97 bits per heavy atom. The molecular weight excluding hydrogens is 519 g/mol. The van der Waals surface area contributed by atoms with Crippen molar-refractivity contribution in [2.45, 2.75) is 44.7 Å². The second kappa shape index (κ2) is 10.7. The molecule has 2 fully saturated rings. The van der Waals surface area contributed by atoms with Crippen LogP contribution in [0.15, 0.2) is 24.4 Å². The second-order valence-electron chi connectivity index (χ2n) is 9.29. The molecular formula is C26H26ClFN4O4S. The average molecular weight is 545 g/mol. The lowest BCUT2D eigenvalue weighted by atomic mass is 9.92. The Morgan fingerprint density at radius 1 is 1.22 bits per heavy atom. The fraction of sp³-hybridized carbons (Fsp3) is 0.385. The molecule has 2 amide bonds. The van der Waals surface area contributed by atoms with Gasteiger partial charge in [0.05, 0.1) is 23.0 Å². The highest BCUT2D eigenvalue weighted by Gasteiger charge is 2.32. The predicted molar refractivity (Wildman–Crippen MR) is 140 cm³/mol. The Morgan fingerprint density at radius 3 is 2.68 bits per heavy atom. The number of rotatable bonds is 4. The number of fused-ring (bicyclic) bond motifs is 2. The van der Waals surface area contributed by atoms with Gasteiger partial charge in [0, 0.05) is 58.7 Å². The van der Waals surface area contributed by atoms with Crippen molar-refractivity contribution >= 4 is 57.1 Å². The third kappa shape index (κ3) is 4.93. The molecule has 1 atom stereocenters. The monoisotopic (exact) mass is 544 g/mol. The number of carbonyl (C=O) groups excluding carboxylic acids is 2. The fourth-order valence-electron chi connectivity index (χ4n) is 5.49. The number of amides is 2. The van der Waals surface area contributed by atoms with Gasteiger partial charge in [0.1, 0.15) is 0 Å². The highest BCUT2D eigenvalue weighted by atomic mass is 35.5. The third-order valence-electron chi connectivity index (χ3n) is 7.05. The number of benzene rings is 1. The molecule has 194 valence electrons. The number of hydrogen-bond donors (Lipinski definition) is 2. The van der Waals surface area contributed by atoms with Crippen LogP contribution in [0.1, 0.15) is 36.1 Å². The van der Waals surface area contributed by atoms with Crippen LogP contribution in [0.25, 0.3) is 21.3 Å². The number of nitrogens with zero attached hydrogens (tertiary/aromatic N) is 3. The Bertz CT molecular complexity index is 1360. The van der Waals surface area contributed by atoms with Gasteiger partial charge in [-0.1, -0.05) is 11.6 Å². The van der Waals surface area contributed by atoms with Crippen molar-refractivity contribution < 1.29 is 23.9 Å². The smallest absolute Gasteiger partial charge is 0.290 e. The maximum Gasteiger partial charge on any atom is 0.290 e. The summed E-state index contributed by atoms with van der Waals surface area (Å²) >= 11 is 7.94. The van der Waals surface area contributed by atoms with E-state index in [2.05, 4.69) is 15.2 Å². The van der Waals surface area contributed by atoms with Crippen LogP contribution in [-0.4, -0.2) is 59.0 Å². The zero-order valence-corrected chi connectivity index (χ0v) is 21.6. The number of aromatic nitrogens is 1. The second-order valence-corrected chi connectivity index (χ2v) is 10.9. The first-order valence-corrected chi connectivity index (χ1v) is 13.4. The first-order valence-electron chi connectivity index (χ1n) is 12.2. The molecule has 5 heterocycles. The number of hydrogen-bond acceptors (Lipinski definition) is 7. The molecule has 0 aliphatic carbocycles. The van der Waals surface area contributed by atoms with Crippen molar-refractivity contribution in [1.29, 1.82) is 0 Å². The minimum Gasteiger partial charge on any atom is -0.483 e. The van der Waals surface area contributed by atoms with Gasteiger partial charge < -0.3 is 15.3 Å². The van der Waals surface area contributed by atoms with Gasteiger partial charge in [0.2, 0.25) is 11.8 Å². The minimum atomic E-state index is -0.395. The summed E-state index contributed by atoms with van der Waals surface area (Å²) in [5.74, 6) is -0.716. The average Bonchev–Trinajstić information content (AvgIpc) is 3.61. The van der Waals surface area contributed by atoms with E-state index in [0.717, 1.165) is 60.6 Å². The van der Waals surface area contributed by atoms with Crippen LogP contribution < -0.4 is 10.2 Å². The number of carboxylic acid groups (broad SMARTS) is 1. The van der Waals surface area contributed by atoms with E-state index in [1.165, 1.54) is 22.4 Å². The van der Waals surface area contributed by atoms with Gasteiger partial charge in [-0.2, -0.15) is 0 Å². The van der Waals surface area contributed by atoms with Crippen LogP contribution in [0, 0.1) is 5.82 Å². The van der Waals surface area contributed by atoms with E-state index in [4.69, 9.17) is 21.5 Å². The normalized spacial score (nSPS) is 19.2. The van der Waals surface area contributed by atoms with Crippen molar-refractivity contribution in [2.75, 3.05) is 24.5 Å². The fourth-order valence-corrected chi connectivity index (χ4v) is 6.88. The predicted octanol–water partition coefficient (Wildman–Crippen LogP) is 4.22. The number of thiophene rings is 1. The van der Waals surface area contributed by atoms with E-state index >= 15 is 4.39 Å². The number of imide groups is 1. The van der Waals surface area contributed by atoms with Crippen LogP contribution in [0.3, 0.4) is 0 Å². The first-order chi connectivity index (χ1) is 17.9.